The first kappa shape index (κ1) is 13.0. The molecule has 1 fully saturated rings. The predicted octanol–water partition coefficient (Wildman–Crippen LogP) is 4.34. The lowest BCUT2D eigenvalue weighted by atomic mass is 9.96. The van der Waals surface area contributed by atoms with Crippen LogP contribution >= 0.6 is 27.5 Å². The van der Waals surface area contributed by atoms with E-state index in [9.17, 15) is 0 Å². The highest BCUT2D eigenvalue weighted by atomic mass is 79.9. The number of hydrogen-bond donors (Lipinski definition) is 0. The first-order valence-electron chi connectivity index (χ1n) is 5.71. The lowest BCUT2D eigenvalue weighted by molar-refractivity contribution is 0.383. The molecule has 2 unspecified atom stereocenters. The van der Waals surface area contributed by atoms with E-state index in [-0.39, 0.29) is 0 Å². The predicted molar refractivity (Wildman–Crippen MR) is 73.5 cm³/mol. The molecule has 4 heteroatoms. The van der Waals surface area contributed by atoms with Crippen molar-refractivity contribution in [2.75, 3.05) is 14.2 Å². The van der Waals surface area contributed by atoms with Gasteiger partial charge in [-0.1, -0.05) is 6.07 Å². The molecule has 0 radical (unpaired) electrons. The topological polar surface area (TPSA) is 18.5 Å². The van der Waals surface area contributed by atoms with Crippen molar-refractivity contribution in [1.29, 1.82) is 0 Å². The highest BCUT2D eigenvalue weighted by Gasteiger charge is 2.28. The fourth-order valence-electron chi connectivity index (χ4n) is 2.45. The molecular weight excluding hydrogens is 303 g/mol. The quantitative estimate of drug-likeness (QED) is 0.772. The normalized spacial score (nSPS) is 23.8. The van der Waals surface area contributed by atoms with Gasteiger partial charge in [-0.25, -0.2) is 0 Å². The summed E-state index contributed by atoms with van der Waals surface area (Å²) in [5.74, 6) is 2.17. The largest absolute Gasteiger partial charge is 0.495 e. The Morgan fingerprint density at radius 1 is 1.24 bits per heavy atom. The van der Waals surface area contributed by atoms with E-state index in [1.807, 2.05) is 6.07 Å². The third kappa shape index (κ3) is 2.55. The SMILES string of the molecule is COc1ccc(C2CCC(Cl)C2)c(OC)c1Br. The van der Waals surface area contributed by atoms with Crippen molar-refractivity contribution < 1.29 is 9.47 Å². The van der Waals surface area contributed by atoms with E-state index in [1.165, 1.54) is 5.56 Å². The van der Waals surface area contributed by atoms with Gasteiger partial charge in [0.15, 0.2) is 0 Å². The molecule has 2 rings (SSSR count). The first-order chi connectivity index (χ1) is 8.17. The van der Waals surface area contributed by atoms with E-state index in [2.05, 4.69) is 22.0 Å². The molecule has 1 aromatic rings. The van der Waals surface area contributed by atoms with Gasteiger partial charge in [-0.05, 0) is 52.7 Å². The van der Waals surface area contributed by atoms with E-state index in [0.717, 1.165) is 35.2 Å². The monoisotopic (exact) mass is 318 g/mol. The molecule has 1 aromatic carbocycles. The average molecular weight is 320 g/mol. The fourth-order valence-corrected chi connectivity index (χ4v) is 3.47. The van der Waals surface area contributed by atoms with Crippen LogP contribution < -0.4 is 9.47 Å². The standard InChI is InChI=1S/C13H16BrClO2/c1-16-11-6-5-10(13(17-2)12(11)14)8-3-4-9(15)7-8/h5-6,8-9H,3-4,7H2,1-2H3. The average Bonchev–Trinajstić information content (AvgIpc) is 2.75. The van der Waals surface area contributed by atoms with E-state index in [4.69, 9.17) is 21.1 Å². The summed E-state index contributed by atoms with van der Waals surface area (Å²) in [6.07, 6.45) is 3.24. The fraction of sp³-hybridized carbons (Fsp3) is 0.538. The van der Waals surface area contributed by atoms with Gasteiger partial charge in [0.2, 0.25) is 0 Å². The van der Waals surface area contributed by atoms with Crippen molar-refractivity contribution in [2.45, 2.75) is 30.6 Å². The Kier molecular flexibility index (Phi) is 4.21. The van der Waals surface area contributed by atoms with Gasteiger partial charge in [-0.15, -0.1) is 11.6 Å². The molecule has 1 aliphatic carbocycles. The Balaban J connectivity index is 2.37. The molecule has 0 heterocycles. The molecule has 0 amide bonds. The number of methoxy groups -OCH3 is 2. The number of alkyl halides is 1. The zero-order chi connectivity index (χ0) is 12.4. The molecule has 94 valence electrons. The van der Waals surface area contributed by atoms with Gasteiger partial charge < -0.3 is 9.47 Å². The molecule has 1 aliphatic rings. The Labute approximate surface area is 115 Å². The second-order valence-corrected chi connectivity index (χ2v) is 5.72. The van der Waals surface area contributed by atoms with Crippen LogP contribution in [-0.2, 0) is 0 Å². The highest BCUT2D eigenvalue weighted by molar-refractivity contribution is 9.10. The second-order valence-electron chi connectivity index (χ2n) is 4.31. The van der Waals surface area contributed by atoms with Crippen LogP contribution in [0.5, 0.6) is 11.5 Å². The van der Waals surface area contributed by atoms with Crippen LogP contribution in [0.4, 0.5) is 0 Å². The van der Waals surface area contributed by atoms with E-state index in [0.29, 0.717) is 11.3 Å². The number of hydrogen-bond acceptors (Lipinski definition) is 2. The molecule has 0 saturated heterocycles. The first-order valence-corrected chi connectivity index (χ1v) is 6.94. The minimum atomic E-state index is 0.297. The Hall–Kier alpha value is -0.410. The van der Waals surface area contributed by atoms with Crippen molar-refractivity contribution in [3.63, 3.8) is 0 Å². The highest BCUT2D eigenvalue weighted by Crippen LogP contribution is 2.45. The Bertz CT molecular complexity index is 409. The van der Waals surface area contributed by atoms with Crippen molar-refractivity contribution in [3.05, 3.63) is 22.2 Å². The number of halogens is 2. The summed E-state index contributed by atoms with van der Waals surface area (Å²) < 4.78 is 11.7. The van der Waals surface area contributed by atoms with Gasteiger partial charge in [-0.3, -0.25) is 0 Å². The molecule has 2 nitrogen and oxygen atoms in total. The summed E-state index contributed by atoms with van der Waals surface area (Å²) in [5.41, 5.74) is 1.23. The molecule has 0 bridgehead atoms. The summed E-state index contributed by atoms with van der Waals surface area (Å²) in [6, 6.07) is 4.06. The van der Waals surface area contributed by atoms with E-state index < -0.39 is 0 Å². The molecular formula is C13H16BrClO2. The van der Waals surface area contributed by atoms with Crippen LogP contribution in [-0.4, -0.2) is 19.6 Å². The lowest BCUT2D eigenvalue weighted by Crippen LogP contribution is -2.00. The Morgan fingerprint density at radius 3 is 2.53 bits per heavy atom. The number of rotatable bonds is 3. The van der Waals surface area contributed by atoms with Gasteiger partial charge in [0.05, 0.1) is 14.2 Å². The summed E-state index contributed by atoms with van der Waals surface area (Å²) >= 11 is 9.71. The van der Waals surface area contributed by atoms with E-state index in [1.54, 1.807) is 14.2 Å². The van der Waals surface area contributed by atoms with Crippen molar-refractivity contribution in [1.82, 2.24) is 0 Å². The number of benzene rings is 1. The zero-order valence-corrected chi connectivity index (χ0v) is 12.3. The van der Waals surface area contributed by atoms with Crippen LogP contribution in [0.1, 0.15) is 30.7 Å². The van der Waals surface area contributed by atoms with Gasteiger partial charge in [0, 0.05) is 5.38 Å². The van der Waals surface area contributed by atoms with Crippen LogP contribution in [0.25, 0.3) is 0 Å². The summed E-state index contributed by atoms with van der Waals surface area (Å²) in [7, 11) is 3.35. The van der Waals surface area contributed by atoms with Crippen LogP contribution in [0, 0.1) is 0 Å². The van der Waals surface area contributed by atoms with Gasteiger partial charge in [-0.2, -0.15) is 0 Å². The van der Waals surface area contributed by atoms with Gasteiger partial charge in [0.1, 0.15) is 16.0 Å². The molecule has 0 aliphatic heterocycles. The second kappa shape index (κ2) is 5.49. The molecule has 1 saturated carbocycles. The zero-order valence-electron chi connectivity index (χ0n) is 10.0. The Morgan fingerprint density at radius 2 is 2.00 bits per heavy atom. The minimum Gasteiger partial charge on any atom is -0.495 e. The van der Waals surface area contributed by atoms with Crippen LogP contribution in [0.2, 0.25) is 0 Å². The summed E-state index contributed by atoms with van der Waals surface area (Å²) in [4.78, 5) is 0. The van der Waals surface area contributed by atoms with Gasteiger partial charge in [0.25, 0.3) is 0 Å². The summed E-state index contributed by atoms with van der Waals surface area (Å²) in [6.45, 7) is 0. The van der Waals surface area contributed by atoms with Gasteiger partial charge >= 0.3 is 0 Å². The molecule has 17 heavy (non-hydrogen) atoms. The van der Waals surface area contributed by atoms with E-state index >= 15 is 0 Å². The maximum absolute atomic E-state index is 6.17. The third-order valence-electron chi connectivity index (χ3n) is 3.32. The maximum Gasteiger partial charge on any atom is 0.140 e. The third-order valence-corrected chi connectivity index (χ3v) is 4.47. The summed E-state index contributed by atoms with van der Waals surface area (Å²) in [5, 5.41) is 0.297. The van der Waals surface area contributed by atoms with Crippen molar-refractivity contribution in [2.24, 2.45) is 0 Å². The van der Waals surface area contributed by atoms with Crippen molar-refractivity contribution in [3.8, 4) is 11.5 Å². The molecule has 0 spiro atoms. The molecule has 0 N–H and O–H groups in total. The molecule has 0 aromatic heterocycles. The smallest absolute Gasteiger partial charge is 0.140 e. The maximum atomic E-state index is 6.17. The lowest BCUT2D eigenvalue weighted by Gasteiger charge is -2.17. The molecule has 2 atom stereocenters. The number of ether oxygens (including phenoxy) is 2. The van der Waals surface area contributed by atoms with Crippen molar-refractivity contribution >= 4 is 27.5 Å². The minimum absolute atomic E-state index is 0.297. The van der Waals surface area contributed by atoms with Crippen LogP contribution in [0.3, 0.4) is 0 Å². The van der Waals surface area contributed by atoms with Crippen LogP contribution in [0.15, 0.2) is 16.6 Å².